The Hall–Kier alpha value is -4.24. The summed E-state index contributed by atoms with van der Waals surface area (Å²) in [6.45, 7) is 5.49. The van der Waals surface area contributed by atoms with E-state index < -0.39 is 70.6 Å². The van der Waals surface area contributed by atoms with Gasteiger partial charge in [-0.25, -0.2) is 18.8 Å². The third kappa shape index (κ3) is 8.68. The van der Waals surface area contributed by atoms with Crippen molar-refractivity contribution in [2.75, 3.05) is 32.1 Å². The molecule has 0 spiro atoms. The third-order valence-corrected chi connectivity index (χ3v) is 9.24. The zero-order valence-corrected chi connectivity index (χ0v) is 27.7. The lowest BCUT2D eigenvalue weighted by molar-refractivity contribution is -0.143. The van der Waals surface area contributed by atoms with Crippen LogP contribution in [0.3, 0.4) is 0 Å². The van der Waals surface area contributed by atoms with E-state index in [4.69, 9.17) is 0 Å². The number of amides is 5. The molecular weight excluding hydrogens is 663 g/mol. The fourth-order valence-corrected chi connectivity index (χ4v) is 6.74. The van der Waals surface area contributed by atoms with Gasteiger partial charge in [-0.2, -0.15) is 26.3 Å². The number of hydrogen-bond donors (Lipinski definition) is 2. The Morgan fingerprint density at radius 1 is 0.837 bits per heavy atom. The minimum absolute atomic E-state index is 0.0250. The molecule has 5 amide bonds. The van der Waals surface area contributed by atoms with Crippen molar-refractivity contribution in [1.82, 2.24) is 20.0 Å². The smallest absolute Gasteiger partial charge is 0.416 e. The van der Waals surface area contributed by atoms with Gasteiger partial charge in [-0.1, -0.05) is 12.1 Å². The molecule has 2 aliphatic rings. The topological polar surface area (TPSA) is 96.4 Å². The number of nitrogens with zero attached hydrogens (tertiary/aromatic N) is 4. The molecular formula is C33H40F7N5O4. The van der Waals surface area contributed by atoms with Crippen LogP contribution in [-0.4, -0.2) is 88.8 Å². The Morgan fingerprint density at radius 2 is 1.37 bits per heavy atom. The summed E-state index contributed by atoms with van der Waals surface area (Å²) in [5.74, 6) is -1.10. The number of carbonyl (C=O) groups excluding carboxylic acids is 2. The first kappa shape index (κ1) is 37.6. The Kier molecular flexibility index (Phi) is 10.7. The van der Waals surface area contributed by atoms with Crippen molar-refractivity contribution in [3.05, 3.63) is 65.0 Å². The monoisotopic (exact) mass is 703 g/mol. The first-order valence-corrected chi connectivity index (χ1v) is 15.7. The molecule has 1 aliphatic carbocycles. The molecule has 2 atom stereocenters. The van der Waals surface area contributed by atoms with Crippen molar-refractivity contribution in [1.29, 1.82) is 0 Å². The Labute approximate surface area is 279 Å². The fourth-order valence-electron chi connectivity index (χ4n) is 6.74. The minimum Gasteiger partial charge on any atom is -0.465 e. The summed E-state index contributed by atoms with van der Waals surface area (Å²) in [7, 11) is 2.40. The number of nitrogens with one attached hydrogen (secondary N) is 1. The molecule has 1 saturated carbocycles. The van der Waals surface area contributed by atoms with Crippen molar-refractivity contribution < 1.29 is 50.2 Å². The van der Waals surface area contributed by atoms with Crippen LogP contribution in [0.2, 0.25) is 0 Å². The molecule has 1 saturated heterocycles. The van der Waals surface area contributed by atoms with E-state index in [1.807, 2.05) is 20.8 Å². The van der Waals surface area contributed by atoms with Crippen LogP contribution in [0.25, 0.3) is 0 Å². The number of alkyl halides is 6. The number of hydrogen-bond acceptors (Lipinski definition) is 3. The number of anilines is 1. The SMILES string of the molecule is CN(C(=O)N(C)[C@@H]1CN(C(=O)N[C@H]2CC[C@H](N(C(=O)O)C(C)(C)C)CC2)C[C@H]1c1ccc(F)cc1)c1cc(C(F)(F)F)cc(C(F)(F)F)c1. The van der Waals surface area contributed by atoms with Crippen LogP contribution < -0.4 is 10.2 Å². The van der Waals surface area contributed by atoms with E-state index in [2.05, 4.69) is 5.32 Å². The quantitative estimate of drug-likeness (QED) is 0.314. The summed E-state index contributed by atoms with van der Waals surface area (Å²) in [4.78, 5) is 43.8. The van der Waals surface area contributed by atoms with Gasteiger partial charge in [-0.15, -0.1) is 0 Å². The van der Waals surface area contributed by atoms with Gasteiger partial charge in [0.1, 0.15) is 5.82 Å². The number of likely N-dealkylation sites (tertiary alicyclic amines) is 1. The lowest BCUT2D eigenvalue weighted by atomic mass is 9.88. The first-order chi connectivity index (χ1) is 22.6. The van der Waals surface area contributed by atoms with Crippen LogP contribution in [0.5, 0.6) is 0 Å². The highest BCUT2D eigenvalue weighted by molar-refractivity contribution is 5.92. The van der Waals surface area contributed by atoms with Gasteiger partial charge < -0.3 is 25.1 Å². The Bertz CT molecular complexity index is 1490. The molecule has 0 radical (unpaired) electrons. The van der Waals surface area contributed by atoms with Crippen molar-refractivity contribution >= 4 is 23.8 Å². The zero-order valence-electron chi connectivity index (χ0n) is 27.7. The summed E-state index contributed by atoms with van der Waals surface area (Å²) in [5, 5.41) is 12.7. The van der Waals surface area contributed by atoms with Gasteiger partial charge >= 0.3 is 30.5 Å². The van der Waals surface area contributed by atoms with Gasteiger partial charge in [0, 0.05) is 56.4 Å². The number of carboxylic acid groups (broad SMARTS) is 1. The van der Waals surface area contributed by atoms with E-state index in [-0.39, 0.29) is 31.2 Å². The van der Waals surface area contributed by atoms with Crippen LogP contribution in [0.1, 0.15) is 69.1 Å². The summed E-state index contributed by atoms with van der Waals surface area (Å²) < 4.78 is 94.9. The van der Waals surface area contributed by atoms with Crippen LogP contribution in [0.4, 0.5) is 50.8 Å². The number of benzene rings is 2. The largest absolute Gasteiger partial charge is 0.465 e. The lowest BCUT2D eigenvalue weighted by Crippen LogP contribution is -2.54. The predicted octanol–water partition coefficient (Wildman–Crippen LogP) is 7.62. The van der Waals surface area contributed by atoms with E-state index in [0.29, 0.717) is 48.3 Å². The molecule has 0 unspecified atom stereocenters. The van der Waals surface area contributed by atoms with Crippen LogP contribution in [-0.2, 0) is 12.4 Å². The van der Waals surface area contributed by atoms with Gasteiger partial charge in [-0.05, 0) is 82.3 Å². The molecule has 0 bridgehead atoms. The average Bonchev–Trinajstić information content (AvgIpc) is 3.45. The van der Waals surface area contributed by atoms with E-state index in [1.54, 1.807) is 0 Å². The molecule has 1 heterocycles. The van der Waals surface area contributed by atoms with E-state index in [9.17, 15) is 50.2 Å². The normalized spacial score (nSPS) is 21.7. The second-order valence-electron chi connectivity index (χ2n) is 13.6. The first-order valence-electron chi connectivity index (χ1n) is 15.7. The van der Waals surface area contributed by atoms with Crippen LogP contribution >= 0.6 is 0 Å². The summed E-state index contributed by atoms with van der Waals surface area (Å²) >= 11 is 0. The number of urea groups is 2. The van der Waals surface area contributed by atoms with Crippen molar-refractivity contribution in [2.24, 2.45) is 0 Å². The molecule has 2 aromatic rings. The lowest BCUT2D eigenvalue weighted by Gasteiger charge is -2.42. The minimum atomic E-state index is -5.11. The molecule has 4 rings (SSSR count). The molecule has 49 heavy (non-hydrogen) atoms. The molecule has 9 nitrogen and oxygen atoms in total. The Morgan fingerprint density at radius 3 is 1.84 bits per heavy atom. The highest BCUT2D eigenvalue weighted by atomic mass is 19.4. The highest BCUT2D eigenvalue weighted by Gasteiger charge is 2.43. The second kappa shape index (κ2) is 13.9. The van der Waals surface area contributed by atoms with E-state index in [1.165, 1.54) is 41.1 Å². The highest BCUT2D eigenvalue weighted by Crippen LogP contribution is 2.39. The van der Waals surface area contributed by atoms with Gasteiger partial charge in [0.05, 0.1) is 17.2 Å². The summed E-state index contributed by atoms with van der Waals surface area (Å²) in [6, 6.07) is 3.65. The molecule has 1 aliphatic heterocycles. The zero-order chi connectivity index (χ0) is 36.6. The van der Waals surface area contributed by atoms with Crippen molar-refractivity contribution in [2.45, 2.75) is 88.4 Å². The van der Waals surface area contributed by atoms with Crippen molar-refractivity contribution in [3.63, 3.8) is 0 Å². The van der Waals surface area contributed by atoms with Crippen LogP contribution in [0.15, 0.2) is 42.5 Å². The van der Waals surface area contributed by atoms with Gasteiger partial charge in [0.15, 0.2) is 0 Å². The average molecular weight is 704 g/mol. The van der Waals surface area contributed by atoms with Gasteiger partial charge in [-0.3, -0.25) is 4.90 Å². The maximum Gasteiger partial charge on any atom is 0.416 e. The molecule has 2 aromatic carbocycles. The van der Waals surface area contributed by atoms with Crippen molar-refractivity contribution in [3.8, 4) is 0 Å². The number of rotatable bonds is 5. The summed E-state index contributed by atoms with van der Waals surface area (Å²) in [6.07, 6.45) is -9.13. The number of likely N-dealkylation sites (N-methyl/N-ethyl adjacent to an activating group) is 1. The van der Waals surface area contributed by atoms with Crippen LogP contribution in [0, 0.1) is 5.82 Å². The molecule has 2 fully saturated rings. The van der Waals surface area contributed by atoms with Gasteiger partial charge in [0.25, 0.3) is 0 Å². The fraction of sp³-hybridized carbons (Fsp3) is 0.545. The Balaban J connectivity index is 1.53. The standard InChI is InChI=1S/C33H40F7N5O4/c1-31(2,3)45(30(48)49)24-12-10-23(11-13-24)41-28(46)44-17-26(19-6-8-22(34)9-7-19)27(18-44)43(5)29(47)42(4)25-15-20(32(35,36)37)14-21(16-25)33(38,39)40/h6-9,14-16,23-24,26-27H,10-13,17-18H2,1-5H3,(H,41,46)(H,48,49)/t23-,24-,26-,27+/m0/s1. The van der Waals surface area contributed by atoms with E-state index in [0.717, 1.165) is 11.9 Å². The number of halogens is 7. The second-order valence-corrected chi connectivity index (χ2v) is 13.6. The maximum absolute atomic E-state index is 13.8. The molecule has 2 N–H and O–H groups in total. The number of carbonyl (C=O) groups is 3. The third-order valence-electron chi connectivity index (χ3n) is 9.24. The predicted molar refractivity (Wildman–Crippen MR) is 167 cm³/mol. The molecule has 270 valence electrons. The van der Waals surface area contributed by atoms with Gasteiger partial charge in [0.2, 0.25) is 0 Å². The summed E-state index contributed by atoms with van der Waals surface area (Å²) in [5.41, 5.74) is -3.81. The van der Waals surface area contributed by atoms with E-state index >= 15 is 0 Å². The molecule has 0 aromatic heterocycles. The maximum atomic E-state index is 13.8. The molecule has 16 heteroatoms.